The summed E-state index contributed by atoms with van der Waals surface area (Å²) in [5.41, 5.74) is 5.31. The maximum Gasteiger partial charge on any atom is 0.366 e. The molecule has 0 N–H and O–H groups in total. The predicted octanol–water partition coefficient (Wildman–Crippen LogP) is 4.45. The van der Waals surface area contributed by atoms with E-state index >= 15 is 0 Å². The molecule has 3 rings (SSSR count). The van der Waals surface area contributed by atoms with E-state index in [2.05, 4.69) is 49.3 Å². The summed E-state index contributed by atoms with van der Waals surface area (Å²) in [7, 11) is 0. The third-order valence-electron chi connectivity index (χ3n) is 4.19. The van der Waals surface area contributed by atoms with Gasteiger partial charge in [0.2, 0.25) is 0 Å². The van der Waals surface area contributed by atoms with Crippen molar-refractivity contribution in [3.8, 4) is 0 Å². The highest BCUT2D eigenvalue weighted by Gasteiger charge is 2.09. The van der Waals surface area contributed by atoms with Gasteiger partial charge in [-0.2, -0.15) is 0 Å². The van der Waals surface area contributed by atoms with E-state index in [1.165, 1.54) is 16.7 Å². The van der Waals surface area contributed by atoms with Crippen LogP contribution in [0.15, 0.2) is 57.9 Å². The molecule has 0 aliphatic rings. The minimum absolute atomic E-state index is 0.387. The van der Waals surface area contributed by atoms with Crippen LogP contribution < -0.4 is 5.63 Å². The van der Waals surface area contributed by atoms with Gasteiger partial charge in [0.05, 0.1) is 11.1 Å². The molecule has 1 heterocycles. The van der Waals surface area contributed by atoms with E-state index in [1.807, 2.05) is 25.1 Å². The monoisotopic (exact) mass is 305 g/mol. The molecule has 0 spiro atoms. The first-order valence-corrected chi connectivity index (χ1v) is 7.70. The van der Waals surface area contributed by atoms with Crippen LogP contribution in [-0.2, 0) is 6.42 Å². The Hall–Kier alpha value is -2.68. The lowest BCUT2D eigenvalue weighted by atomic mass is 9.94. The summed E-state index contributed by atoms with van der Waals surface area (Å²) >= 11 is 0. The molecule has 1 aromatic heterocycles. The summed E-state index contributed by atoms with van der Waals surface area (Å²) in [5.74, 6) is 0. The van der Waals surface area contributed by atoms with Crippen LogP contribution in [0.2, 0.25) is 0 Å². The molecule has 0 radical (unpaired) electrons. The Morgan fingerprint density at radius 1 is 1.13 bits per heavy atom. The summed E-state index contributed by atoms with van der Waals surface area (Å²) in [5, 5.41) is 5.26. The highest BCUT2D eigenvalue weighted by molar-refractivity contribution is 5.84. The maximum atomic E-state index is 11.7. The highest BCUT2D eigenvalue weighted by Crippen LogP contribution is 2.24. The quantitative estimate of drug-likeness (QED) is 0.718. The van der Waals surface area contributed by atoms with E-state index < -0.39 is 0 Å². The standard InChI is InChI=1S/C20H19NO2/c1-4-16(17-8-6-5-7-13(17)2)11-15-9-10-18-19(12-15)14(3)21-23-20(18)22/h4-10,12H,11H2,1-3H3/b16-4-. The molecule has 0 saturated carbocycles. The zero-order valence-corrected chi connectivity index (χ0v) is 13.6. The molecule has 3 aromatic rings. The predicted molar refractivity (Wildman–Crippen MR) is 93.6 cm³/mol. The lowest BCUT2D eigenvalue weighted by Crippen LogP contribution is -2.03. The zero-order chi connectivity index (χ0) is 16.4. The van der Waals surface area contributed by atoms with Gasteiger partial charge in [0.1, 0.15) is 0 Å². The second kappa shape index (κ2) is 6.21. The number of allylic oxidation sites excluding steroid dienone is 2. The number of rotatable bonds is 3. The molecule has 23 heavy (non-hydrogen) atoms. The lowest BCUT2D eigenvalue weighted by Gasteiger charge is -2.11. The average Bonchev–Trinajstić information content (AvgIpc) is 2.57. The number of aromatic nitrogens is 1. The SMILES string of the molecule is C/C=C(/Cc1ccc2c(=O)onc(C)c2c1)c1ccccc1C. The molecule has 116 valence electrons. The Morgan fingerprint density at radius 2 is 1.91 bits per heavy atom. The van der Waals surface area contributed by atoms with Crippen LogP contribution in [-0.4, -0.2) is 5.16 Å². The van der Waals surface area contributed by atoms with Gasteiger partial charge < -0.3 is 4.52 Å². The highest BCUT2D eigenvalue weighted by atomic mass is 16.5. The number of hydrogen-bond acceptors (Lipinski definition) is 3. The molecule has 0 fully saturated rings. The number of hydrogen-bond donors (Lipinski definition) is 0. The van der Waals surface area contributed by atoms with Crippen molar-refractivity contribution in [2.24, 2.45) is 0 Å². The van der Waals surface area contributed by atoms with E-state index in [9.17, 15) is 4.79 Å². The van der Waals surface area contributed by atoms with Gasteiger partial charge in [-0.25, -0.2) is 4.79 Å². The summed E-state index contributed by atoms with van der Waals surface area (Å²) in [6.45, 7) is 6.04. The molecule has 0 atom stereocenters. The first kappa shape index (κ1) is 15.2. The van der Waals surface area contributed by atoms with E-state index in [1.54, 1.807) is 0 Å². The fourth-order valence-electron chi connectivity index (χ4n) is 2.89. The van der Waals surface area contributed by atoms with E-state index in [0.29, 0.717) is 5.39 Å². The molecule has 0 aliphatic heterocycles. The third-order valence-corrected chi connectivity index (χ3v) is 4.19. The normalized spacial score (nSPS) is 11.9. The molecule has 2 aromatic carbocycles. The van der Waals surface area contributed by atoms with Crippen LogP contribution in [0.1, 0.15) is 29.3 Å². The zero-order valence-electron chi connectivity index (χ0n) is 13.6. The Labute approximate surface area is 135 Å². The molecule has 0 amide bonds. The third kappa shape index (κ3) is 2.95. The van der Waals surface area contributed by atoms with Crippen LogP contribution in [0.4, 0.5) is 0 Å². The Morgan fingerprint density at radius 3 is 2.65 bits per heavy atom. The van der Waals surface area contributed by atoms with Crippen molar-refractivity contribution in [2.45, 2.75) is 27.2 Å². The summed E-state index contributed by atoms with van der Waals surface area (Å²) < 4.78 is 4.78. The molecule has 3 heteroatoms. The topological polar surface area (TPSA) is 43.1 Å². The molecule has 0 unspecified atom stereocenters. The van der Waals surface area contributed by atoms with Crippen molar-refractivity contribution < 1.29 is 4.52 Å². The second-order valence-corrected chi connectivity index (χ2v) is 5.74. The fraction of sp³-hybridized carbons (Fsp3) is 0.200. The van der Waals surface area contributed by atoms with Crippen molar-refractivity contribution in [2.75, 3.05) is 0 Å². The molecule has 0 saturated heterocycles. The van der Waals surface area contributed by atoms with Gasteiger partial charge in [0.15, 0.2) is 0 Å². The summed E-state index contributed by atoms with van der Waals surface area (Å²) in [6, 6.07) is 14.2. The van der Waals surface area contributed by atoms with Crippen LogP contribution in [0.5, 0.6) is 0 Å². The molecular formula is C20H19NO2. The van der Waals surface area contributed by atoms with Crippen molar-refractivity contribution >= 4 is 16.3 Å². The van der Waals surface area contributed by atoms with Crippen LogP contribution in [0.25, 0.3) is 16.3 Å². The minimum Gasteiger partial charge on any atom is -0.313 e. The van der Waals surface area contributed by atoms with Gasteiger partial charge in [-0.1, -0.05) is 41.6 Å². The minimum atomic E-state index is -0.387. The molecule has 0 bridgehead atoms. The van der Waals surface area contributed by atoms with E-state index in [0.717, 1.165) is 23.1 Å². The second-order valence-electron chi connectivity index (χ2n) is 5.74. The van der Waals surface area contributed by atoms with E-state index in [-0.39, 0.29) is 5.63 Å². The lowest BCUT2D eigenvalue weighted by molar-refractivity contribution is 0.371. The van der Waals surface area contributed by atoms with Gasteiger partial charge in [0.25, 0.3) is 0 Å². The fourth-order valence-corrected chi connectivity index (χ4v) is 2.89. The Balaban J connectivity index is 2.03. The molecular weight excluding hydrogens is 286 g/mol. The first-order chi connectivity index (χ1) is 11.1. The summed E-state index contributed by atoms with van der Waals surface area (Å²) in [4.78, 5) is 11.7. The average molecular weight is 305 g/mol. The van der Waals surface area contributed by atoms with E-state index in [4.69, 9.17) is 4.52 Å². The van der Waals surface area contributed by atoms with Crippen LogP contribution >= 0.6 is 0 Å². The van der Waals surface area contributed by atoms with Crippen molar-refractivity contribution in [1.29, 1.82) is 0 Å². The maximum absolute atomic E-state index is 11.7. The summed E-state index contributed by atoms with van der Waals surface area (Å²) in [6.07, 6.45) is 2.97. The number of nitrogens with zero attached hydrogens (tertiary/aromatic N) is 1. The van der Waals surface area contributed by atoms with Crippen molar-refractivity contribution in [3.05, 3.63) is 81.3 Å². The van der Waals surface area contributed by atoms with Gasteiger partial charge in [-0.15, -0.1) is 0 Å². The largest absolute Gasteiger partial charge is 0.366 e. The van der Waals surface area contributed by atoms with Crippen LogP contribution in [0.3, 0.4) is 0 Å². The van der Waals surface area contributed by atoms with Crippen LogP contribution in [0, 0.1) is 13.8 Å². The van der Waals surface area contributed by atoms with Gasteiger partial charge >= 0.3 is 5.63 Å². The van der Waals surface area contributed by atoms with Gasteiger partial charge in [-0.05, 0) is 61.6 Å². The smallest absolute Gasteiger partial charge is 0.313 e. The number of benzene rings is 2. The van der Waals surface area contributed by atoms with Gasteiger partial charge in [0, 0.05) is 5.39 Å². The molecule has 3 nitrogen and oxygen atoms in total. The molecule has 0 aliphatic carbocycles. The first-order valence-electron chi connectivity index (χ1n) is 7.70. The Kier molecular flexibility index (Phi) is 4.11. The Bertz CT molecular complexity index is 951. The van der Waals surface area contributed by atoms with Crippen molar-refractivity contribution in [3.63, 3.8) is 0 Å². The number of fused-ring (bicyclic) bond motifs is 1. The van der Waals surface area contributed by atoms with Gasteiger partial charge in [-0.3, -0.25) is 0 Å². The number of aryl methyl sites for hydroxylation is 2. The van der Waals surface area contributed by atoms with Crippen molar-refractivity contribution in [1.82, 2.24) is 5.16 Å².